The second kappa shape index (κ2) is 9.18. The highest BCUT2D eigenvalue weighted by atomic mass is 32.1. The van der Waals surface area contributed by atoms with Gasteiger partial charge in [-0.25, -0.2) is 9.87 Å². The summed E-state index contributed by atoms with van der Waals surface area (Å²) in [5, 5.41) is 9.36. The number of rotatable bonds is 5. The van der Waals surface area contributed by atoms with E-state index in [-0.39, 0.29) is 18.0 Å². The van der Waals surface area contributed by atoms with Gasteiger partial charge < -0.3 is 9.94 Å². The van der Waals surface area contributed by atoms with Gasteiger partial charge in [0.15, 0.2) is 0 Å². The zero-order valence-corrected chi connectivity index (χ0v) is 17.3. The fourth-order valence-corrected chi connectivity index (χ4v) is 4.90. The number of ether oxygens (including phenoxy) is 1. The molecule has 0 amide bonds. The van der Waals surface area contributed by atoms with Gasteiger partial charge >= 0.3 is 0 Å². The molecule has 3 nitrogen and oxygen atoms in total. The molecule has 0 aliphatic carbocycles. The van der Waals surface area contributed by atoms with E-state index >= 15 is 0 Å². The van der Waals surface area contributed by atoms with Crippen LogP contribution in [0.3, 0.4) is 0 Å². The van der Waals surface area contributed by atoms with Gasteiger partial charge in [-0.15, -0.1) is 11.3 Å². The van der Waals surface area contributed by atoms with Gasteiger partial charge in [-0.2, -0.15) is 0 Å². The van der Waals surface area contributed by atoms with Gasteiger partial charge in [-0.1, -0.05) is 30.3 Å². The highest BCUT2D eigenvalue weighted by Gasteiger charge is 2.22. The summed E-state index contributed by atoms with van der Waals surface area (Å²) in [6.07, 6.45) is 3.51. The van der Waals surface area contributed by atoms with Gasteiger partial charge in [0, 0.05) is 28.8 Å². The fourth-order valence-electron chi connectivity index (χ4n) is 3.86. The summed E-state index contributed by atoms with van der Waals surface area (Å²) in [4.78, 5) is 2.43. The van der Waals surface area contributed by atoms with Crippen LogP contribution in [-0.4, -0.2) is 17.9 Å². The van der Waals surface area contributed by atoms with Gasteiger partial charge in [0.25, 0.3) is 0 Å². The van der Waals surface area contributed by atoms with E-state index < -0.39 is 0 Å². The third kappa shape index (κ3) is 4.93. The van der Waals surface area contributed by atoms with Crippen molar-refractivity contribution in [3.63, 3.8) is 0 Å². The zero-order chi connectivity index (χ0) is 20.2. The lowest BCUT2D eigenvalue weighted by Gasteiger charge is -2.20. The Bertz CT molecular complexity index is 954. The second-order valence-corrected chi connectivity index (χ2v) is 8.87. The Labute approximate surface area is 175 Å². The van der Waals surface area contributed by atoms with Crippen LogP contribution in [0.2, 0.25) is 0 Å². The fraction of sp³-hybridized carbons (Fsp3) is 0.333. The molecule has 3 aromatic rings. The molecular weight excluding hydrogens is 385 g/mol. The number of hydrogen-bond acceptors (Lipinski definition) is 4. The summed E-state index contributed by atoms with van der Waals surface area (Å²) in [5.74, 6) is -0.211. The molecular formula is C24H26FNO2S. The van der Waals surface area contributed by atoms with Crippen LogP contribution in [-0.2, 0) is 11.2 Å². The largest absolute Gasteiger partial charge is 0.373 e. The maximum Gasteiger partial charge on any atom is 0.123 e. The first-order chi connectivity index (χ1) is 14.1. The summed E-state index contributed by atoms with van der Waals surface area (Å²) < 4.78 is 19.2. The molecule has 0 radical (unpaired) electrons. The Morgan fingerprint density at radius 1 is 1.14 bits per heavy atom. The standard InChI is InChI=1S/C24H26FNO2S/c1-16-4-5-18(23-15-21(26-27)3-2-12-28-23)13-19(16)14-22-10-11-24(29-22)17-6-8-20(25)9-7-17/h4-11,13,21,23,26-27H,2-3,12,14-15H2,1H3/t21-,23+/m0/s1. The number of hydrogen-bond donors (Lipinski definition) is 2. The van der Waals surface area contributed by atoms with Crippen LogP contribution in [0, 0.1) is 12.7 Å². The monoisotopic (exact) mass is 411 g/mol. The molecule has 2 N–H and O–H groups in total. The van der Waals surface area contributed by atoms with Crippen LogP contribution in [0.25, 0.3) is 10.4 Å². The first-order valence-electron chi connectivity index (χ1n) is 10.1. The Morgan fingerprint density at radius 3 is 2.76 bits per heavy atom. The summed E-state index contributed by atoms with van der Waals surface area (Å²) in [5.41, 5.74) is 7.19. The van der Waals surface area contributed by atoms with Crippen molar-refractivity contribution in [1.82, 2.24) is 5.48 Å². The molecule has 152 valence electrons. The maximum atomic E-state index is 13.2. The van der Waals surface area contributed by atoms with Crippen LogP contribution in [0.4, 0.5) is 4.39 Å². The van der Waals surface area contributed by atoms with Gasteiger partial charge in [0.05, 0.1) is 6.10 Å². The molecule has 0 bridgehead atoms. The average molecular weight is 412 g/mol. The van der Waals surface area contributed by atoms with Crippen LogP contribution < -0.4 is 5.48 Å². The minimum Gasteiger partial charge on any atom is -0.373 e. The molecule has 1 saturated heterocycles. The maximum absolute atomic E-state index is 13.2. The lowest BCUT2D eigenvalue weighted by Crippen LogP contribution is -2.26. The Balaban J connectivity index is 1.53. The highest BCUT2D eigenvalue weighted by Crippen LogP contribution is 2.32. The quantitative estimate of drug-likeness (QED) is 0.503. The van der Waals surface area contributed by atoms with Gasteiger partial charge in [-0.05, 0) is 72.7 Å². The van der Waals surface area contributed by atoms with E-state index in [1.807, 2.05) is 12.1 Å². The number of halogens is 1. The van der Waals surface area contributed by atoms with E-state index in [1.165, 1.54) is 33.7 Å². The minimum atomic E-state index is -0.211. The second-order valence-electron chi connectivity index (χ2n) is 7.70. The molecule has 4 rings (SSSR count). The van der Waals surface area contributed by atoms with Gasteiger partial charge in [0.2, 0.25) is 0 Å². The Kier molecular flexibility index (Phi) is 6.40. The lowest BCUT2D eigenvalue weighted by atomic mass is 9.95. The van der Waals surface area contributed by atoms with Crippen molar-refractivity contribution in [2.45, 2.75) is 44.8 Å². The normalized spacial score (nSPS) is 19.8. The van der Waals surface area contributed by atoms with E-state index in [4.69, 9.17) is 4.74 Å². The molecule has 1 aliphatic heterocycles. The van der Waals surface area contributed by atoms with Crippen LogP contribution in [0.15, 0.2) is 54.6 Å². The van der Waals surface area contributed by atoms with Crippen molar-refractivity contribution >= 4 is 11.3 Å². The molecule has 2 aromatic carbocycles. The molecule has 1 aromatic heterocycles. The van der Waals surface area contributed by atoms with Gasteiger partial charge in [0.1, 0.15) is 5.82 Å². The van der Waals surface area contributed by atoms with E-state index in [0.29, 0.717) is 0 Å². The van der Waals surface area contributed by atoms with Crippen LogP contribution in [0.1, 0.15) is 46.9 Å². The first kappa shape index (κ1) is 20.2. The predicted octanol–water partition coefficient (Wildman–Crippen LogP) is 6.04. The zero-order valence-electron chi connectivity index (χ0n) is 16.5. The predicted molar refractivity (Wildman–Crippen MR) is 115 cm³/mol. The molecule has 1 fully saturated rings. The van der Waals surface area contributed by atoms with Crippen LogP contribution >= 0.6 is 11.3 Å². The Morgan fingerprint density at radius 2 is 1.97 bits per heavy atom. The topological polar surface area (TPSA) is 41.5 Å². The molecule has 29 heavy (non-hydrogen) atoms. The average Bonchev–Trinajstić information content (AvgIpc) is 3.05. The SMILES string of the molecule is Cc1ccc([C@H]2C[C@@H](NO)CCCO2)cc1Cc1ccc(-c2ccc(F)cc2)s1. The summed E-state index contributed by atoms with van der Waals surface area (Å²) in [7, 11) is 0. The minimum absolute atomic E-state index is 0.000359. The van der Waals surface area contributed by atoms with Crippen molar-refractivity contribution < 1.29 is 14.3 Å². The van der Waals surface area contributed by atoms with Crippen LogP contribution in [0.5, 0.6) is 0 Å². The Hall–Kier alpha value is -2.05. The molecule has 2 heterocycles. The highest BCUT2D eigenvalue weighted by molar-refractivity contribution is 7.15. The van der Waals surface area contributed by atoms with E-state index in [2.05, 4.69) is 42.7 Å². The molecule has 0 unspecified atom stereocenters. The third-order valence-corrected chi connectivity index (χ3v) is 6.73. The molecule has 0 spiro atoms. The van der Waals surface area contributed by atoms with Gasteiger partial charge in [-0.3, -0.25) is 0 Å². The van der Waals surface area contributed by atoms with E-state index in [1.54, 1.807) is 11.3 Å². The number of hydroxylamine groups is 1. The number of thiophene rings is 1. The lowest BCUT2D eigenvalue weighted by molar-refractivity contribution is 0.0441. The molecule has 0 saturated carbocycles. The number of aryl methyl sites for hydroxylation is 1. The molecule has 1 aliphatic rings. The van der Waals surface area contributed by atoms with Crippen molar-refractivity contribution in [3.05, 3.63) is 82.0 Å². The van der Waals surface area contributed by atoms with E-state index in [0.717, 1.165) is 42.7 Å². The summed E-state index contributed by atoms with van der Waals surface area (Å²) in [6.45, 7) is 2.86. The third-order valence-electron chi connectivity index (χ3n) is 5.60. The summed E-state index contributed by atoms with van der Waals surface area (Å²) >= 11 is 1.75. The van der Waals surface area contributed by atoms with Crippen molar-refractivity contribution in [1.29, 1.82) is 0 Å². The van der Waals surface area contributed by atoms with Crippen molar-refractivity contribution in [2.24, 2.45) is 0 Å². The number of nitrogens with one attached hydrogen (secondary N) is 1. The molecule has 5 heteroatoms. The van der Waals surface area contributed by atoms with E-state index in [9.17, 15) is 9.60 Å². The smallest absolute Gasteiger partial charge is 0.123 e. The van der Waals surface area contributed by atoms with Crippen molar-refractivity contribution in [2.75, 3.05) is 6.61 Å². The number of benzene rings is 2. The molecule has 2 atom stereocenters. The first-order valence-corrected chi connectivity index (χ1v) is 10.9. The summed E-state index contributed by atoms with van der Waals surface area (Å²) in [6, 6.07) is 17.5. The van der Waals surface area contributed by atoms with Crippen molar-refractivity contribution in [3.8, 4) is 10.4 Å².